The molecular weight excluding hydrogens is 242 g/mol. The van der Waals surface area contributed by atoms with E-state index < -0.39 is 12.1 Å². The van der Waals surface area contributed by atoms with Crippen molar-refractivity contribution in [3.8, 4) is 0 Å². The zero-order valence-corrected chi connectivity index (χ0v) is 9.94. The van der Waals surface area contributed by atoms with Gasteiger partial charge in [0.05, 0.1) is 12.5 Å². The zero-order valence-electron chi connectivity index (χ0n) is 9.94. The van der Waals surface area contributed by atoms with E-state index in [1.54, 1.807) is 6.92 Å². The highest BCUT2D eigenvalue weighted by molar-refractivity contribution is 5.75. The van der Waals surface area contributed by atoms with Crippen LogP contribution in [0.15, 0.2) is 6.33 Å². The molecule has 1 heterocycles. The van der Waals surface area contributed by atoms with Gasteiger partial charge >= 0.3 is 5.97 Å². The van der Waals surface area contributed by atoms with Crippen LogP contribution in [0.25, 0.3) is 0 Å². The number of tetrazole rings is 1. The standard InChI is InChI=1S/C9H15N5O4/c1-2-18-7(3-9(16)17)4-10-8(15)5-14-6-11-12-13-14/h6-7H,2-5H2,1H3,(H,10,15)(H,16,17). The van der Waals surface area contributed by atoms with E-state index in [1.807, 2.05) is 0 Å². The summed E-state index contributed by atoms with van der Waals surface area (Å²) in [7, 11) is 0. The first-order valence-corrected chi connectivity index (χ1v) is 5.42. The van der Waals surface area contributed by atoms with Crippen molar-refractivity contribution in [3.63, 3.8) is 0 Å². The van der Waals surface area contributed by atoms with E-state index in [-0.39, 0.29) is 25.4 Å². The van der Waals surface area contributed by atoms with Crippen LogP contribution in [0.5, 0.6) is 0 Å². The molecule has 1 rings (SSSR count). The average Bonchev–Trinajstić information content (AvgIpc) is 2.78. The van der Waals surface area contributed by atoms with Crippen LogP contribution in [0.1, 0.15) is 13.3 Å². The fourth-order valence-corrected chi connectivity index (χ4v) is 1.30. The van der Waals surface area contributed by atoms with Gasteiger partial charge in [0.15, 0.2) is 0 Å². The number of rotatable bonds is 8. The van der Waals surface area contributed by atoms with Crippen molar-refractivity contribution in [2.75, 3.05) is 13.2 Å². The lowest BCUT2D eigenvalue weighted by Gasteiger charge is -2.15. The molecule has 0 fully saturated rings. The van der Waals surface area contributed by atoms with Gasteiger partial charge in [-0.05, 0) is 17.4 Å². The number of amides is 1. The molecule has 0 saturated carbocycles. The largest absolute Gasteiger partial charge is 0.481 e. The first kappa shape index (κ1) is 14.0. The Hall–Kier alpha value is -2.03. The average molecular weight is 257 g/mol. The second-order valence-electron chi connectivity index (χ2n) is 3.49. The molecule has 18 heavy (non-hydrogen) atoms. The Labute approximate surface area is 103 Å². The van der Waals surface area contributed by atoms with Gasteiger partial charge in [-0.3, -0.25) is 9.59 Å². The maximum absolute atomic E-state index is 11.5. The minimum absolute atomic E-state index is 0.0150. The Bertz CT molecular complexity index is 380. The number of aromatic nitrogens is 4. The van der Waals surface area contributed by atoms with Gasteiger partial charge in [-0.15, -0.1) is 5.10 Å². The minimum Gasteiger partial charge on any atom is -0.481 e. The maximum atomic E-state index is 11.5. The monoisotopic (exact) mass is 257 g/mol. The van der Waals surface area contributed by atoms with Crippen LogP contribution in [-0.2, 0) is 20.9 Å². The summed E-state index contributed by atoms with van der Waals surface area (Å²) in [6, 6.07) is 0. The second-order valence-corrected chi connectivity index (χ2v) is 3.49. The summed E-state index contributed by atoms with van der Waals surface area (Å²) in [5, 5.41) is 21.5. The van der Waals surface area contributed by atoms with E-state index in [0.717, 1.165) is 0 Å². The molecule has 0 spiro atoms. The normalized spacial score (nSPS) is 12.1. The number of carbonyl (C=O) groups is 2. The molecule has 0 saturated heterocycles. The first-order chi connectivity index (χ1) is 8.61. The van der Waals surface area contributed by atoms with E-state index in [2.05, 4.69) is 20.8 Å². The van der Waals surface area contributed by atoms with Crippen molar-refractivity contribution in [3.05, 3.63) is 6.33 Å². The van der Waals surface area contributed by atoms with Gasteiger partial charge in [-0.1, -0.05) is 0 Å². The molecule has 0 aliphatic carbocycles. The molecular formula is C9H15N5O4. The lowest BCUT2D eigenvalue weighted by molar-refractivity contribution is -0.140. The molecule has 0 radical (unpaired) electrons. The summed E-state index contributed by atoms with van der Waals surface area (Å²) in [5.41, 5.74) is 0. The van der Waals surface area contributed by atoms with E-state index in [4.69, 9.17) is 9.84 Å². The number of carboxylic acids is 1. The molecule has 1 aromatic rings. The summed E-state index contributed by atoms with van der Waals surface area (Å²) in [6.45, 7) is 2.28. The minimum atomic E-state index is -0.969. The number of nitrogens with one attached hydrogen (secondary N) is 1. The summed E-state index contributed by atoms with van der Waals surface area (Å²) >= 11 is 0. The lowest BCUT2D eigenvalue weighted by Crippen LogP contribution is -2.36. The Morgan fingerprint density at radius 1 is 1.56 bits per heavy atom. The predicted octanol–water partition coefficient (Wildman–Crippen LogP) is -1.33. The van der Waals surface area contributed by atoms with Gasteiger partial charge in [0.25, 0.3) is 0 Å². The van der Waals surface area contributed by atoms with Crippen LogP contribution in [0, 0.1) is 0 Å². The number of ether oxygens (including phenoxy) is 1. The number of hydrogen-bond acceptors (Lipinski definition) is 6. The molecule has 100 valence electrons. The van der Waals surface area contributed by atoms with Crippen LogP contribution in [0.4, 0.5) is 0 Å². The third-order valence-corrected chi connectivity index (χ3v) is 2.03. The Morgan fingerprint density at radius 2 is 2.33 bits per heavy atom. The molecule has 9 nitrogen and oxygen atoms in total. The fraction of sp³-hybridized carbons (Fsp3) is 0.667. The lowest BCUT2D eigenvalue weighted by atomic mass is 10.2. The first-order valence-electron chi connectivity index (χ1n) is 5.42. The van der Waals surface area contributed by atoms with Crippen molar-refractivity contribution in [2.24, 2.45) is 0 Å². The topological polar surface area (TPSA) is 119 Å². The van der Waals surface area contributed by atoms with Crippen molar-refractivity contribution in [1.82, 2.24) is 25.5 Å². The smallest absolute Gasteiger partial charge is 0.306 e. The highest BCUT2D eigenvalue weighted by Gasteiger charge is 2.14. The van der Waals surface area contributed by atoms with Crippen LogP contribution in [0.2, 0.25) is 0 Å². The van der Waals surface area contributed by atoms with Gasteiger partial charge in [0.2, 0.25) is 5.91 Å². The summed E-state index contributed by atoms with van der Waals surface area (Å²) in [5.74, 6) is -1.28. The summed E-state index contributed by atoms with van der Waals surface area (Å²) in [6.07, 6.45) is 0.626. The SMILES string of the molecule is CCOC(CNC(=O)Cn1cnnn1)CC(=O)O. The number of nitrogens with zero attached hydrogens (tertiary/aromatic N) is 4. The second kappa shape index (κ2) is 7.33. The molecule has 9 heteroatoms. The Morgan fingerprint density at radius 3 is 2.89 bits per heavy atom. The summed E-state index contributed by atoms with van der Waals surface area (Å²) in [4.78, 5) is 22.0. The number of carbonyl (C=O) groups excluding carboxylic acids is 1. The molecule has 0 aliphatic heterocycles. The van der Waals surface area contributed by atoms with Crippen molar-refractivity contribution >= 4 is 11.9 Å². The highest BCUT2D eigenvalue weighted by Crippen LogP contribution is 1.97. The molecule has 1 unspecified atom stereocenters. The quantitative estimate of drug-likeness (QED) is 0.592. The molecule has 0 aromatic carbocycles. The molecule has 0 aliphatic rings. The predicted molar refractivity (Wildman–Crippen MR) is 58.5 cm³/mol. The molecule has 0 bridgehead atoms. The van der Waals surface area contributed by atoms with E-state index >= 15 is 0 Å². The Kier molecular flexibility index (Phi) is 5.71. The third-order valence-electron chi connectivity index (χ3n) is 2.03. The van der Waals surface area contributed by atoms with Gasteiger partial charge in [0.1, 0.15) is 12.9 Å². The van der Waals surface area contributed by atoms with Gasteiger partial charge in [0, 0.05) is 13.2 Å². The molecule has 2 N–H and O–H groups in total. The molecule has 1 atom stereocenters. The maximum Gasteiger partial charge on any atom is 0.306 e. The van der Waals surface area contributed by atoms with Gasteiger partial charge < -0.3 is 15.2 Å². The van der Waals surface area contributed by atoms with Gasteiger partial charge in [-0.25, -0.2) is 4.68 Å². The fourth-order valence-electron chi connectivity index (χ4n) is 1.30. The van der Waals surface area contributed by atoms with Gasteiger partial charge in [-0.2, -0.15) is 0 Å². The third kappa shape index (κ3) is 5.34. The van der Waals surface area contributed by atoms with Crippen LogP contribution >= 0.6 is 0 Å². The molecule has 1 aromatic heterocycles. The van der Waals surface area contributed by atoms with Crippen LogP contribution in [0.3, 0.4) is 0 Å². The number of hydrogen-bond donors (Lipinski definition) is 2. The highest BCUT2D eigenvalue weighted by atomic mass is 16.5. The number of carboxylic acid groups (broad SMARTS) is 1. The van der Waals surface area contributed by atoms with Crippen molar-refractivity contribution in [2.45, 2.75) is 26.0 Å². The van der Waals surface area contributed by atoms with Crippen molar-refractivity contribution < 1.29 is 19.4 Å². The number of aliphatic carboxylic acids is 1. The van der Waals surface area contributed by atoms with E-state index in [0.29, 0.717) is 6.61 Å². The van der Waals surface area contributed by atoms with Crippen molar-refractivity contribution in [1.29, 1.82) is 0 Å². The van der Waals surface area contributed by atoms with E-state index in [9.17, 15) is 9.59 Å². The van der Waals surface area contributed by atoms with Crippen LogP contribution in [-0.4, -0.2) is 56.4 Å². The van der Waals surface area contributed by atoms with Crippen LogP contribution < -0.4 is 5.32 Å². The molecule has 1 amide bonds. The van der Waals surface area contributed by atoms with E-state index in [1.165, 1.54) is 11.0 Å². The summed E-state index contributed by atoms with van der Waals surface area (Å²) < 4.78 is 6.46. The zero-order chi connectivity index (χ0) is 13.4. The Balaban J connectivity index is 2.32.